The molecule has 206 valence electrons. The Morgan fingerprint density at radius 1 is 0.235 bits per heavy atom. The lowest BCUT2D eigenvalue weighted by molar-refractivity contribution is -0.0302. The summed E-state index contributed by atoms with van der Waals surface area (Å²) >= 11 is 0. The summed E-state index contributed by atoms with van der Waals surface area (Å²) in [5.41, 5.74) is 0. The minimum atomic E-state index is 1.27. The maximum Gasteiger partial charge on any atom is 0.0133 e. The van der Waals surface area contributed by atoms with Crippen molar-refractivity contribution in [2.24, 2.45) is 0 Å². The third kappa shape index (κ3) is 23.7. The fourth-order valence-corrected chi connectivity index (χ4v) is 5.03. The Kier molecular flexibility index (Phi) is 29.1. The van der Waals surface area contributed by atoms with E-state index in [0.717, 1.165) is 0 Å². The van der Waals surface area contributed by atoms with Crippen LogP contribution in [0.3, 0.4) is 0 Å². The molecule has 0 aliphatic heterocycles. The van der Waals surface area contributed by atoms with Crippen LogP contribution >= 0.6 is 0 Å². The lowest BCUT2D eigenvalue weighted by atomic mass is 10.1. The van der Waals surface area contributed by atoms with E-state index < -0.39 is 0 Å². The fraction of sp³-hybridized carbons (Fsp3) is 1.00. The second-order valence-corrected chi connectivity index (χ2v) is 11.0. The summed E-state index contributed by atoms with van der Waals surface area (Å²) in [4.78, 5) is 0. The fourth-order valence-electron chi connectivity index (χ4n) is 5.03. The van der Waals surface area contributed by atoms with Gasteiger partial charge < -0.3 is 0 Å². The van der Waals surface area contributed by atoms with Crippen LogP contribution in [0.2, 0.25) is 0 Å². The van der Waals surface area contributed by atoms with Crippen LogP contribution in [0.1, 0.15) is 182 Å². The molecule has 0 rings (SSSR count). The Morgan fingerprint density at radius 3 is 0.706 bits per heavy atom. The van der Waals surface area contributed by atoms with E-state index in [2.05, 4.69) is 37.7 Å². The third-order valence-corrected chi connectivity index (χ3v) is 7.48. The van der Waals surface area contributed by atoms with Gasteiger partial charge in [-0.2, -0.15) is 0 Å². The zero-order chi connectivity index (χ0) is 25.0. The molecule has 0 bridgehead atoms. The number of nitrogens with zero attached hydrogens (tertiary/aromatic N) is 2. The average molecular weight is 481 g/mol. The molecule has 2 heteroatoms. The van der Waals surface area contributed by atoms with Crippen molar-refractivity contribution in [3.63, 3.8) is 0 Å². The largest absolute Gasteiger partial charge is 0.242 e. The highest BCUT2D eigenvalue weighted by molar-refractivity contribution is 4.62. The molecule has 0 saturated heterocycles. The maximum atomic E-state index is 2.78. The Morgan fingerprint density at radius 2 is 0.441 bits per heavy atom. The Bertz CT molecular complexity index is 325. The molecule has 0 unspecified atom stereocenters. The first kappa shape index (κ1) is 33.9. The summed E-state index contributed by atoms with van der Waals surface area (Å²) in [6.45, 7) is 14.4. The molecule has 0 fully saturated rings. The van der Waals surface area contributed by atoms with Gasteiger partial charge in [-0.25, -0.2) is 10.0 Å². The average Bonchev–Trinajstić information content (AvgIpc) is 2.85. The first-order valence-corrected chi connectivity index (χ1v) is 16.3. The van der Waals surface area contributed by atoms with Gasteiger partial charge >= 0.3 is 0 Å². The topological polar surface area (TPSA) is 6.48 Å². The van der Waals surface area contributed by atoms with Gasteiger partial charge in [0.1, 0.15) is 0 Å². The van der Waals surface area contributed by atoms with Crippen LogP contribution in [0, 0.1) is 0 Å². The summed E-state index contributed by atoms with van der Waals surface area (Å²) in [6.07, 6.45) is 34.0. The van der Waals surface area contributed by atoms with Gasteiger partial charge in [0.15, 0.2) is 0 Å². The van der Waals surface area contributed by atoms with E-state index in [0.29, 0.717) is 0 Å². The normalized spacial score (nSPS) is 11.8. The summed E-state index contributed by atoms with van der Waals surface area (Å²) in [5, 5.41) is 5.52. The molecule has 0 atom stereocenters. The minimum absolute atomic E-state index is 1.27. The molecule has 0 saturated carbocycles. The zero-order valence-corrected chi connectivity index (χ0v) is 24.7. The first-order chi connectivity index (χ1) is 16.8. The van der Waals surface area contributed by atoms with Gasteiger partial charge in [-0.15, -0.1) is 0 Å². The first-order valence-electron chi connectivity index (χ1n) is 16.3. The summed E-state index contributed by atoms with van der Waals surface area (Å²) in [5.74, 6) is 0. The van der Waals surface area contributed by atoms with Gasteiger partial charge in [-0.3, -0.25) is 0 Å². The summed E-state index contributed by atoms with van der Waals surface area (Å²) in [7, 11) is 0. The van der Waals surface area contributed by atoms with Crippen molar-refractivity contribution in [1.82, 2.24) is 10.0 Å². The minimum Gasteiger partial charge on any atom is -0.242 e. The standard InChI is InChI=1S/C32H68N2/c1-5-9-13-15-17-19-21-23-25-27-31-34(33(29-11-7-3)30-12-8-4)32-28-26-24-22-20-18-16-14-10-6-2/h5-32H2,1-4H3. The Balaban J connectivity index is 4.16. The lowest BCUT2D eigenvalue weighted by Gasteiger charge is -2.35. The summed E-state index contributed by atoms with van der Waals surface area (Å²) < 4.78 is 0. The highest BCUT2D eigenvalue weighted by atomic mass is 15.6. The van der Waals surface area contributed by atoms with Crippen LogP contribution in [-0.4, -0.2) is 36.2 Å². The number of unbranched alkanes of at least 4 members (excludes halogenated alkanes) is 20. The highest BCUT2D eigenvalue weighted by Gasteiger charge is 2.14. The molecule has 34 heavy (non-hydrogen) atoms. The van der Waals surface area contributed by atoms with Crippen LogP contribution in [0.25, 0.3) is 0 Å². The van der Waals surface area contributed by atoms with E-state index in [1.54, 1.807) is 0 Å². The van der Waals surface area contributed by atoms with Crippen molar-refractivity contribution < 1.29 is 0 Å². The van der Waals surface area contributed by atoms with Crippen molar-refractivity contribution in [1.29, 1.82) is 0 Å². The van der Waals surface area contributed by atoms with Crippen molar-refractivity contribution in [3.8, 4) is 0 Å². The van der Waals surface area contributed by atoms with Crippen molar-refractivity contribution >= 4 is 0 Å². The number of hydrogen-bond donors (Lipinski definition) is 0. The van der Waals surface area contributed by atoms with E-state index in [1.807, 2.05) is 0 Å². The highest BCUT2D eigenvalue weighted by Crippen LogP contribution is 2.14. The molecule has 0 aromatic heterocycles. The second-order valence-electron chi connectivity index (χ2n) is 11.0. The van der Waals surface area contributed by atoms with Gasteiger partial charge in [0, 0.05) is 26.2 Å². The molecular formula is C32H68N2. The second kappa shape index (κ2) is 29.2. The molecule has 0 radical (unpaired) electrons. The SMILES string of the molecule is CCCCCCCCCCCCN(CCCCCCCCCCCC)N(CCCC)CCCC. The van der Waals surface area contributed by atoms with E-state index in [1.165, 1.54) is 180 Å². The molecule has 0 heterocycles. The third-order valence-electron chi connectivity index (χ3n) is 7.48. The number of hydrogen-bond acceptors (Lipinski definition) is 2. The quantitative estimate of drug-likeness (QED) is 0.0775. The predicted octanol–water partition coefficient (Wildman–Crippen LogP) is 10.9. The molecule has 0 aromatic carbocycles. The van der Waals surface area contributed by atoms with E-state index in [4.69, 9.17) is 0 Å². The lowest BCUT2D eigenvalue weighted by Crippen LogP contribution is -2.45. The number of rotatable bonds is 29. The Hall–Kier alpha value is -0.0800. The van der Waals surface area contributed by atoms with E-state index >= 15 is 0 Å². The van der Waals surface area contributed by atoms with E-state index in [9.17, 15) is 0 Å². The van der Waals surface area contributed by atoms with Gasteiger partial charge in [0.25, 0.3) is 0 Å². The monoisotopic (exact) mass is 481 g/mol. The molecule has 0 aliphatic carbocycles. The molecule has 0 amide bonds. The summed E-state index contributed by atoms with van der Waals surface area (Å²) in [6, 6.07) is 0. The maximum absolute atomic E-state index is 2.78. The molecular weight excluding hydrogens is 412 g/mol. The van der Waals surface area contributed by atoms with Crippen molar-refractivity contribution in [3.05, 3.63) is 0 Å². The molecule has 0 aliphatic rings. The molecule has 2 nitrogen and oxygen atoms in total. The van der Waals surface area contributed by atoms with Crippen LogP contribution in [-0.2, 0) is 0 Å². The zero-order valence-electron chi connectivity index (χ0n) is 24.7. The number of hydrazine groups is 1. The van der Waals surface area contributed by atoms with Crippen molar-refractivity contribution in [2.45, 2.75) is 182 Å². The van der Waals surface area contributed by atoms with Gasteiger partial charge in [-0.1, -0.05) is 156 Å². The van der Waals surface area contributed by atoms with Crippen molar-refractivity contribution in [2.75, 3.05) is 26.2 Å². The molecule has 0 spiro atoms. The van der Waals surface area contributed by atoms with Crippen LogP contribution in [0.15, 0.2) is 0 Å². The van der Waals surface area contributed by atoms with Crippen LogP contribution < -0.4 is 0 Å². The Labute approximate surface area is 218 Å². The predicted molar refractivity (Wildman–Crippen MR) is 157 cm³/mol. The van der Waals surface area contributed by atoms with Crippen LogP contribution in [0.4, 0.5) is 0 Å². The molecule has 0 aromatic rings. The van der Waals surface area contributed by atoms with E-state index in [-0.39, 0.29) is 0 Å². The molecule has 0 N–H and O–H groups in total. The van der Waals surface area contributed by atoms with Gasteiger partial charge in [0.05, 0.1) is 0 Å². The van der Waals surface area contributed by atoms with Crippen LogP contribution in [0.5, 0.6) is 0 Å². The van der Waals surface area contributed by atoms with Gasteiger partial charge in [0.2, 0.25) is 0 Å². The smallest absolute Gasteiger partial charge is 0.0133 e. The van der Waals surface area contributed by atoms with Gasteiger partial charge in [-0.05, 0) is 25.7 Å².